The van der Waals surface area contributed by atoms with E-state index in [0.29, 0.717) is 43.3 Å². The third-order valence-electron chi connectivity index (χ3n) is 5.27. The second kappa shape index (κ2) is 9.53. The number of carbonyl (C=O) groups is 2. The maximum absolute atomic E-state index is 13.3. The van der Waals surface area contributed by atoms with E-state index in [1.807, 2.05) is 34.9 Å². The first-order valence-electron chi connectivity index (χ1n) is 10.3. The number of fused-ring (bicyclic) bond motifs is 1. The highest BCUT2D eigenvalue weighted by atomic mass is 16.5. The van der Waals surface area contributed by atoms with Gasteiger partial charge in [0.2, 0.25) is 0 Å². The molecule has 4 rings (SSSR count). The maximum atomic E-state index is 13.3. The van der Waals surface area contributed by atoms with E-state index < -0.39 is 6.04 Å². The quantitative estimate of drug-likeness (QED) is 0.594. The number of hydrogen-bond donors (Lipinski definition) is 1. The van der Waals surface area contributed by atoms with E-state index in [1.54, 1.807) is 42.7 Å². The lowest BCUT2D eigenvalue weighted by Gasteiger charge is -2.36. The Morgan fingerprint density at radius 3 is 2.74 bits per heavy atom. The number of nitrogens with zero attached hydrogens (tertiary/aromatic N) is 4. The minimum Gasteiger partial charge on any atom is -0.385 e. The molecule has 0 saturated heterocycles. The molecule has 0 saturated carbocycles. The molecule has 1 N–H and O–H groups in total. The van der Waals surface area contributed by atoms with Crippen LogP contribution in [0.2, 0.25) is 0 Å². The van der Waals surface area contributed by atoms with Crippen LogP contribution in [0, 0.1) is 0 Å². The standard InChI is InChI=1S/C23H25N5O3/c1-31-14-6-11-25-22(29)19-16-27-12-13-28(23(30)18-9-5-10-24-15-18)20(21(27)26-19)17-7-3-2-4-8-17/h2-5,7-10,15-16,20H,6,11-14H2,1H3,(H,25,29). The molecule has 160 valence electrons. The van der Waals surface area contributed by atoms with E-state index in [0.717, 1.165) is 12.0 Å². The molecule has 1 atom stereocenters. The zero-order chi connectivity index (χ0) is 21.6. The van der Waals surface area contributed by atoms with E-state index in [2.05, 4.69) is 15.3 Å². The predicted octanol–water partition coefficient (Wildman–Crippen LogP) is 2.29. The van der Waals surface area contributed by atoms with Crippen molar-refractivity contribution < 1.29 is 14.3 Å². The van der Waals surface area contributed by atoms with Gasteiger partial charge in [-0.2, -0.15) is 0 Å². The normalized spacial score (nSPS) is 15.4. The Hall–Kier alpha value is -3.52. The van der Waals surface area contributed by atoms with Crippen molar-refractivity contribution in [1.82, 2.24) is 24.8 Å². The highest BCUT2D eigenvalue weighted by Crippen LogP contribution is 2.32. The van der Waals surface area contributed by atoms with Gasteiger partial charge in [0.05, 0.1) is 5.56 Å². The number of rotatable bonds is 7. The number of imidazole rings is 1. The first-order valence-corrected chi connectivity index (χ1v) is 10.3. The largest absolute Gasteiger partial charge is 0.385 e. The number of pyridine rings is 1. The molecular weight excluding hydrogens is 394 g/mol. The van der Waals surface area contributed by atoms with Crippen molar-refractivity contribution in [2.75, 3.05) is 26.8 Å². The number of benzene rings is 1. The predicted molar refractivity (Wildman–Crippen MR) is 115 cm³/mol. The number of aromatic nitrogens is 3. The molecule has 0 spiro atoms. The molecule has 2 amide bonds. The zero-order valence-electron chi connectivity index (χ0n) is 17.4. The van der Waals surface area contributed by atoms with Crippen molar-refractivity contribution in [3.05, 3.63) is 83.7 Å². The number of carbonyl (C=O) groups excluding carboxylic acids is 2. The van der Waals surface area contributed by atoms with Crippen LogP contribution >= 0.6 is 0 Å². The molecule has 3 heterocycles. The molecule has 31 heavy (non-hydrogen) atoms. The lowest BCUT2D eigenvalue weighted by atomic mass is 10.0. The number of hydrogen-bond acceptors (Lipinski definition) is 5. The summed E-state index contributed by atoms with van der Waals surface area (Å²) >= 11 is 0. The first kappa shape index (κ1) is 20.7. The van der Waals surface area contributed by atoms with Crippen LogP contribution in [0.15, 0.2) is 61.1 Å². The van der Waals surface area contributed by atoms with Gasteiger partial charge < -0.3 is 19.5 Å². The van der Waals surface area contributed by atoms with E-state index in [1.165, 1.54) is 0 Å². The maximum Gasteiger partial charge on any atom is 0.271 e. The highest BCUT2D eigenvalue weighted by molar-refractivity contribution is 5.95. The Kier molecular flexibility index (Phi) is 6.37. The van der Waals surface area contributed by atoms with Gasteiger partial charge >= 0.3 is 0 Å². The van der Waals surface area contributed by atoms with Crippen LogP contribution in [0.4, 0.5) is 0 Å². The van der Waals surface area contributed by atoms with E-state index >= 15 is 0 Å². The summed E-state index contributed by atoms with van der Waals surface area (Å²) in [4.78, 5) is 36.4. The van der Waals surface area contributed by atoms with Crippen molar-refractivity contribution in [3.63, 3.8) is 0 Å². The summed E-state index contributed by atoms with van der Waals surface area (Å²) in [5, 5.41) is 2.87. The van der Waals surface area contributed by atoms with Crippen molar-refractivity contribution in [1.29, 1.82) is 0 Å². The van der Waals surface area contributed by atoms with Gasteiger partial charge in [0, 0.05) is 51.9 Å². The Morgan fingerprint density at radius 2 is 2.00 bits per heavy atom. The number of nitrogens with one attached hydrogen (secondary N) is 1. The second-order valence-corrected chi connectivity index (χ2v) is 7.33. The molecule has 1 unspecified atom stereocenters. The monoisotopic (exact) mass is 419 g/mol. The lowest BCUT2D eigenvalue weighted by molar-refractivity contribution is 0.0658. The van der Waals surface area contributed by atoms with Gasteiger partial charge in [0.15, 0.2) is 0 Å². The van der Waals surface area contributed by atoms with Gasteiger partial charge in [-0.1, -0.05) is 30.3 Å². The summed E-state index contributed by atoms with van der Waals surface area (Å²) in [6, 6.07) is 12.9. The van der Waals surface area contributed by atoms with Gasteiger partial charge in [-0.25, -0.2) is 4.98 Å². The van der Waals surface area contributed by atoms with Crippen molar-refractivity contribution in [2.45, 2.75) is 19.0 Å². The Bertz CT molecular complexity index is 1040. The number of amides is 2. The fourth-order valence-electron chi connectivity index (χ4n) is 3.77. The van der Waals surface area contributed by atoms with Gasteiger partial charge in [0.25, 0.3) is 11.8 Å². The fraction of sp³-hybridized carbons (Fsp3) is 0.304. The Balaban J connectivity index is 1.65. The average Bonchev–Trinajstić information content (AvgIpc) is 3.26. The topological polar surface area (TPSA) is 89.4 Å². The molecule has 0 fully saturated rings. The summed E-state index contributed by atoms with van der Waals surface area (Å²) < 4.78 is 6.98. The molecule has 1 aromatic carbocycles. The van der Waals surface area contributed by atoms with Crippen LogP contribution in [0.5, 0.6) is 0 Å². The van der Waals surface area contributed by atoms with Crippen LogP contribution in [0.25, 0.3) is 0 Å². The lowest BCUT2D eigenvalue weighted by Crippen LogP contribution is -2.42. The molecule has 0 bridgehead atoms. The van der Waals surface area contributed by atoms with E-state index in [4.69, 9.17) is 4.74 Å². The van der Waals surface area contributed by atoms with Crippen LogP contribution in [-0.4, -0.2) is 58.1 Å². The fourth-order valence-corrected chi connectivity index (χ4v) is 3.77. The van der Waals surface area contributed by atoms with E-state index in [-0.39, 0.29) is 11.8 Å². The summed E-state index contributed by atoms with van der Waals surface area (Å²) in [6.07, 6.45) is 5.72. The minimum absolute atomic E-state index is 0.109. The SMILES string of the molecule is COCCCNC(=O)c1cn2c(n1)C(c1ccccc1)N(C(=O)c1cccnc1)CC2. The van der Waals surface area contributed by atoms with Gasteiger partial charge in [-0.3, -0.25) is 14.6 Å². The smallest absolute Gasteiger partial charge is 0.271 e. The summed E-state index contributed by atoms with van der Waals surface area (Å²) in [6.45, 7) is 2.17. The minimum atomic E-state index is -0.391. The molecule has 3 aromatic rings. The molecule has 8 heteroatoms. The Morgan fingerprint density at radius 1 is 1.16 bits per heavy atom. The van der Waals surface area contributed by atoms with Gasteiger partial charge in [0.1, 0.15) is 17.6 Å². The van der Waals surface area contributed by atoms with Gasteiger partial charge in [-0.05, 0) is 24.1 Å². The highest BCUT2D eigenvalue weighted by Gasteiger charge is 2.35. The molecule has 0 aliphatic carbocycles. The third kappa shape index (κ3) is 4.49. The average molecular weight is 419 g/mol. The summed E-state index contributed by atoms with van der Waals surface area (Å²) in [5.41, 5.74) is 1.82. The van der Waals surface area contributed by atoms with Crippen LogP contribution in [-0.2, 0) is 11.3 Å². The zero-order valence-corrected chi connectivity index (χ0v) is 17.4. The molecule has 1 aliphatic rings. The van der Waals surface area contributed by atoms with E-state index in [9.17, 15) is 9.59 Å². The van der Waals surface area contributed by atoms with Crippen LogP contribution < -0.4 is 5.32 Å². The van der Waals surface area contributed by atoms with Gasteiger partial charge in [-0.15, -0.1) is 0 Å². The molecule has 8 nitrogen and oxygen atoms in total. The number of methoxy groups -OCH3 is 1. The van der Waals surface area contributed by atoms with Crippen molar-refractivity contribution in [3.8, 4) is 0 Å². The summed E-state index contributed by atoms with van der Waals surface area (Å²) in [5.74, 6) is 0.341. The van der Waals surface area contributed by atoms with Crippen LogP contribution in [0.1, 0.15) is 44.7 Å². The van der Waals surface area contributed by atoms with Crippen molar-refractivity contribution in [2.24, 2.45) is 0 Å². The van der Waals surface area contributed by atoms with Crippen molar-refractivity contribution >= 4 is 11.8 Å². The van der Waals surface area contributed by atoms with Crippen LogP contribution in [0.3, 0.4) is 0 Å². The molecule has 1 aliphatic heterocycles. The molecule has 2 aromatic heterocycles. The second-order valence-electron chi connectivity index (χ2n) is 7.33. The molecular formula is C23H25N5O3. The summed E-state index contributed by atoms with van der Waals surface area (Å²) in [7, 11) is 1.63. The number of ether oxygens (including phenoxy) is 1. The first-order chi connectivity index (χ1) is 15.2. The third-order valence-corrected chi connectivity index (χ3v) is 5.27. The molecule has 0 radical (unpaired) electrons. The Labute approximate surface area is 180 Å².